The van der Waals surface area contributed by atoms with E-state index >= 15 is 0 Å². The van der Waals surface area contributed by atoms with Gasteiger partial charge in [0.25, 0.3) is 0 Å². The molecular formula is C47H37N3S. The molecule has 8 aromatic rings. The number of benzene rings is 7. The molecule has 3 nitrogen and oxygen atoms in total. The summed E-state index contributed by atoms with van der Waals surface area (Å²) in [6.07, 6.45) is 0. The van der Waals surface area contributed by atoms with Crippen LogP contribution in [0.1, 0.15) is 4.88 Å². The lowest BCUT2D eigenvalue weighted by molar-refractivity contribution is 1.24. The van der Waals surface area contributed by atoms with Gasteiger partial charge in [0.15, 0.2) is 0 Å². The van der Waals surface area contributed by atoms with Crippen molar-refractivity contribution in [3.8, 4) is 10.4 Å². The van der Waals surface area contributed by atoms with Gasteiger partial charge < -0.3 is 14.7 Å². The predicted molar refractivity (Wildman–Crippen MR) is 219 cm³/mol. The van der Waals surface area contributed by atoms with Crippen LogP contribution in [0.3, 0.4) is 0 Å². The molecule has 0 fully saturated rings. The smallest absolute Gasteiger partial charge is 0.0463 e. The van der Waals surface area contributed by atoms with E-state index in [9.17, 15) is 0 Å². The molecule has 0 aliphatic carbocycles. The van der Waals surface area contributed by atoms with Crippen molar-refractivity contribution >= 4 is 62.5 Å². The monoisotopic (exact) mass is 675 g/mol. The quantitative estimate of drug-likeness (QED) is 0.143. The van der Waals surface area contributed by atoms with Gasteiger partial charge in [0.05, 0.1) is 0 Å². The van der Waals surface area contributed by atoms with Gasteiger partial charge in [-0.15, -0.1) is 11.3 Å². The Bertz CT molecular complexity index is 2080. The third kappa shape index (κ3) is 6.91. The highest BCUT2D eigenvalue weighted by Crippen LogP contribution is 2.41. The molecule has 0 N–H and O–H groups in total. The molecule has 0 unspecified atom stereocenters. The lowest BCUT2D eigenvalue weighted by Gasteiger charge is -2.29. The molecule has 1 heterocycles. The highest BCUT2D eigenvalue weighted by Gasteiger charge is 2.18. The maximum absolute atomic E-state index is 2.34. The fourth-order valence-electron chi connectivity index (χ4n) is 6.52. The lowest BCUT2D eigenvalue weighted by atomic mass is 10.1. The van der Waals surface area contributed by atoms with E-state index in [1.807, 2.05) is 11.3 Å². The number of aryl methyl sites for hydroxylation is 1. The number of para-hydroxylation sites is 4. The van der Waals surface area contributed by atoms with Gasteiger partial charge in [-0.05, 0) is 134 Å². The summed E-state index contributed by atoms with van der Waals surface area (Å²) in [4.78, 5) is 9.52. The largest absolute Gasteiger partial charge is 0.311 e. The standard InChI is InChI=1S/C47H37N3S/c1-36-22-35-47(51-36)37-23-25-42(26-24-37)50(45-31-27-43(28-32-45)48(38-14-6-2-7-15-38)39-16-8-3-9-17-39)46-33-29-44(30-34-46)49(40-18-10-4-11-19-40)41-20-12-5-13-21-41/h2-35H,1H3. The number of nitrogens with zero attached hydrogens (tertiary/aromatic N) is 3. The second-order valence-electron chi connectivity index (χ2n) is 12.3. The van der Waals surface area contributed by atoms with Crippen LogP contribution in [0, 0.1) is 6.92 Å². The summed E-state index contributed by atoms with van der Waals surface area (Å²) in [5.74, 6) is 0. The van der Waals surface area contributed by atoms with Crippen LogP contribution in [0.2, 0.25) is 0 Å². The Labute approximate surface area is 304 Å². The molecule has 0 aliphatic rings. The Morgan fingerprint density at radius 2 is 0.529 bits per heavy atom. The Morgan fingerprint density at radius 1 is 0.275 bits per heavy atom. The normalized spacial score (nSPS) is 10.8. The van der Waals surface area contributed by atoms with Gasteiger partial charge in [0.2, 0.25) is 0 Å². The average Bonchev–Trinajstić information content (AvgIpc) is 3.64. The third-order valence-corrected chi connectivity index (χ3v) is 9.99. The zero-order valence-electron chi connectivity index (χ0n) is 28.4. The van der Waals surface area contributed by atoms with Crippen LogP contribution in [-0.2, 0) is 0 Å². The minimum Gasteiger partial charge on any atom is -0.311 e. The van der Waals surface area contributed by atoms with Crippen LogP contribution in [-0.4, -0.2) is 0 Å². The van der Waals surface area contributed by atoms with Gasteiger partial charge in [0.1, 0.15) is 0 Å². The van der Waals surface area contributed by atoms with E-state index in [4.69, 9.17) is 0 Å². The molecule has 0 saturated carbocycles. The Hall–Kier alpha value is -6.36. The molecule has 7 aromatic carbocycles. The molecule has 4 heteroatoms. The number of rotatable bonds is 10. The Morgan fingerprint density at radius 3 is 0.784 bits per heavy atom. The van der Waals surface area contributed by atoms with E-state index < -0.39 is 0 Å². The fraction of sp³-hybridized carbons (Fsp3) is 0.0213. The lowest BCUT2D eigenvalue weighted by Crippen LogP contribution is -2.13. The summed E-state index contributed by atoms with van der Waals surface area (Å²) >= 11 is 1.83. The van der Waals surface area contributed by atoms with E-state index in [1.165, 1.54) is 15.3 Å². The number of thiophene rings is 1. The van der Waals surface area contributed by atoms with Crippen LogP contribution >= 0.6 is 11.3 Å². The maximum Gasteiger partial charge on any atom is 0.0463 e. The topological polar surface area (TPSA) is 9.72 Å². The van der Waals surface area contributed by atoms with Gasteiger partial charge >= 0.3 is 0 Å². The summed E-state index contributed by atoms with van der Waals surface area (Å²) < 4.78 is 0. The van der Waals surface area contributed by atoms with Crippen molar-refractivity contribution < 1.29 is 0 Å². The predicted octanol–water partition coefficient (Wildman–Crippen LogP) is 14.1. The van der Waals surface area contributed by atoms with Crippen LogP contribution in [0.4, 0.5) is 51.2 Å². The summed E-state index contributed by atoms with van der Waals surface area (Å²) in [5.41, 5.74) is 11.1. The summed E-state index contributed by atoms with van der Waals surface area (Å²) in [7, 11) is 0. The zero-order chi connectivity index (χ0) is 34.4. The van der Waals surface area contributed by atoms with Gasteiger partial charge in [-0.2, -0.15) is 0 Å². The fourth-order valence-corrected chi connectivity index (χ4v) is 7.39. The molecule has 246 valence electrons. The molecule has 8 rings (SSSR count). The zero-order valence-corrected chi connectivity index (χ0v) is 29.2. The highest BCUT2D eigenvalue weighted by molar-refractivity contribution is 7.15. The van der Waals surface area contributed by atoms with Crippen molar-refractivity contribution in [2.24, 2.45) is 0 Å². The van der Waals surface area contributed by atoms with Gasteiger partial charge in [-0.3, -0.25) is 0 Å². The van der Waals surface area contributed by atoms with Crippen molar-refractivity contribution in [1.29, 1.82) is 0 Å². The van der Waals surface area contributed by atoms with Gasteiger partial charge in [-0.1, -0.05) is 84.9 Å². The van der Waals surface area contributed by atoms with E-state index in [1.54, 1.807) is 0 Å². The molecule has 0 radical (unpaired) electrons. The first kappa shape index (κ1) is 31.9. The molecule has 0 amide bonds. The van der Waals surface area contributed by atoms with Crippen LogP contribution in [0.15, 0.2) is 206 Å². The van der Waals surface area contributed by atoms with Crippen molar-refractivity contribution in [3.05, 3.63) is 211 Å². The molecule has 1 aromatic heterocycles. The van der Waals surface area contributed by atoms with Crippen molar-refractivity contribution in [2.75, 3.05) is 14.7 Å². The van der Waals surface area contributed by atoms with Crippen LogP contribution < -0.4 is 14.7 Å². The SMILES string of the molecule is Cc1ccc(-c2ccc(N(c3ccc(N(c4ccccc4)c4ccccc4)cc3)c3ccc(N(c4ccccc4)c4ccccc4)cc3)cc2)s1. The van der Waals surface area contributed by atoms with Crippen molar-refractivity contribution in [1.82, 2.24) is 0 Å². The Kier molecular flexibility index (Phi) is 9.15. The first-order valence-corrected chi connectivity index (χ1v) is 18.0. The summed E-state index contributed by atoms with van der Waals surface area (Å²) in [6.45, 7) is 2.16. The van der Waals surface area contributed by atoms with Crippen LogP contribution in [0.5, 0.6) is 0 Å². The second-order valence-corrected chi connectivity index (χ2v) is 13.6. The minimum atomic E-state index is 1.08. The minimum absolute atomic E-state index is 1.08. The highest BCUT2D eigenvalue weighted by atomic mass is 32.1. The molecular weight excluding hydrogens is 639 g/mol. The van der Waals surface area contributed by atoms with E-state index in [2.05, 4.69) is 228 Å². The number of anilines is 9. The third-order valence-electron chi connectivity index (χ3n) is 8.94. The molecule has 51 heavy (non-hydrogen) atoms. The number of hydrogen-bond acceptors (Lipinski definition) is 4. The van der Waals surface area contributed by atoms with E-state index in [0.29, 0.717) is 0 Å². The molecule has 0 bridgehead atoms. The molecule has 0 aliphatic heterocycles. The van der Waals surface area contributed by atoms with Gasteiger partial charge in [0, 0.05) is 60.9 Å². The molecule has 0 spiro atoms. The van der Waals surface area contributed by atoms with Crippen molar-refractivity contribution in [2.45, 2.75) is 6.92 Å². The molecule has 0 atom stereocenters. The number of hydrogen-bond donors (Lipinski definition) is 0. The summed E-state index contributed by atoms with van der Waals surface area (Å²) in [6, 6.07) is 73.2. The average molecular weight is 676 g/mol. The van der Waals surface area contributed by atoms with Crippen LogP contribution in [0.25, 0.3) is 10.4 Å². The molecule has 0 saturated heterocycles. The van der Waals surface area contributed by atoms with E-state index in [-0.39, 0.29) is 0 Å². The van der Waals surface area contributed by atoms with Gasteiger partial charge in [-0.25, -0.2) is 0 Å². The maximum atomic E-state index is 2.34. The first-order chi connectivity index (χ1) is 25.2. The second kappa shape index (κ2) is 14.6. The first-order valence-electron chi connectivity index (χ1n) is 17.2. The van der Waals surface area contributed by atoms with E-state index in [0.717, 1.165) is 51.2 Å². The van der Waals surface area contributed by atoms with Crippen molar-refractivity contribution in [3.63, 3.8) is 0 Å². The Balaban J connectivity index is 1.19. The summed E-state index contributed by atoms with van der Waals surface area (Å²) in [5, 5.41) is 0.